The normalized spacial score (nSPS) is 18.0. The van der Waals surface area contributed by atoms with E-state index in [4.69, 9.17) is 5.73 Å². The molecule has 1 aliphatic rings. The number of halogens is 1. The molecule has 0 spiro atoms. The molecule has 3 N–H and O–H groups in total. The molecule has 1 heterocycles. The van der Waals surface area contributed by atoms with Crippen molar-refractivity contribution in [3.05, 3.63) is 24.0 Å². The van der Waals surface area contributed by atoms with Crippen LogP contribution < -0.4 is 10.5 Å². The third-order valence-electron chi connectivity index (χ3n) is 3.90. The summed E-state index contributed by atoms with van der Waals surface area (Å²) < 4.78 is 40.1. The summed E-state index contributed by atoms with van der Waals surface area (Å²) in [6, 6.07) is 3.79. The largest absolute Gasteiger partial charge is 0.395 e. The van der Waals surface area contributed by atoms with Crippen molar-refractivity contribution in [3.63, 3.8) is 0 Å². The number of piperidine rings is 1. The van der Waals surface area contributed by atoms with Crippen LogP contribution in [0.4, 0.5) is 10.1 Å². The Bertz CT molecular complexity index is 584. The van der Waals surface area contributed by atoms with Crippen LogP contribution in [0.3, 0.4) is 0 Å². The van der Waals surface area contributed by atoms with Gasteiger partial charge in [0.2, 0.25) is 10.0 Å². The minimum atomic E-state index is -3.77. The van der Waals surface area contributed by atoms with Crippen LogP contribution in [0.2, 0.25) is 0 Å². The number of rotatable bonds is 5. The molecule has 1 aliphatic heterocycles. The Kier molecular flexibility index (Phi) is 5.18. The van der Waals surface area contributed by atoms with Crippen molar-refractivity contribution in [2.24, 2.45) is 5.92 Å². The number of nitrogens with zero attached hydrogens (tertiary/aromatic N) is 1. The Labute approximate surface area is 125 Å². The quantitative estimate of drug-likeness (QED) is 0.806. The number of hydrogen-bond donors (Lipinski definition) is 2. The smallest absolute Gasteiger partial charge is 0.242 e. The van der Waals surface area contributed by atoms with E-state index >= 15 is 0 Å². The first-order chi connectivity index (χ1) is 9.90. The molecule has 1 aromatic rings. The number of sulfonamides is 1. The highest BCUT2D eigenvalue weighted by Crippen LogP contribution is 2.20. The average Bonchev–Trinajstić information content (AvgIpc) is 2.44. The highest BCUT2D eigenvalue weighted by Gasteiger charge is 2.20. The topological polar surface area (TPSA) is 75.4 Å². The van der Waals surface area contributed by atoms with Crippen molar-refractivity contribution in [2.75, 3.05) is 31.9 Å². The Morgan fingerprint density at radius 2 is 2.05 bits per heavy atom. The monoisotopic (exact) mass is 315 g/mol. The average molecular weight is 315 g/mol. The van der Waals surface area contributed by atoms with E-state index < -0.39 is 15.8 Å². The van der Waals surface area contributed by atoms with Crippen molar-refractivity contribution in [1.82, 2.24) is 9.62 Å². The number of anilines is 1. The molecule has 5 nitrogen and oxygen atoms in total. The zero-order valence-electron chi connectivity index (χ0n) is 12.2. The van der Waals surface area contributed by atoms with Crippen LogP contribution in [-0.2, 0) is 10.0 Å². The number of hydrogen-bond acceptors (Lipinski definition) is 4. The lowest BCUT2D eigenvalue weighted by molar-refractivity contribution is 0.195. The van der Waals surface area contributed by atoms with Gasteiger partial charge in [0.25, 0.3) is 0 Å². The molecule has 0 atom stereocenters. The number of benzene rings is 1. The van der Waals surface area contributed by atoms with Gasteiger partial charge in [-0.25, -0.2) is 17.5 Å². The number of nitrogens with two attached hydrogens (primary N) is 1. The molecule has 2 rings (SSSR count). The number of para-hydroxylation sites is 1. The van der Waals surface area contributed by atoms with Crippen LogP contribution >= 0.6 is 0 Å². The summed E-state index contributed by atoms with van der Waals surface area (Å²) in [5, 5.41) is 0. The third kappa shape index (κ3) is 4.15. The maximum atomic E-state index is 13.3. The first kappa shape index (κ1) is 16.2. The highest BCUT2D eigenvalue weighted by atomic mass is 32.2. The van der Waals surface area contributed by atoms with Gasteiger partial charge in [-0.15, -0.1) is 0 Å². The van der Waals surface area contributed by atoms with Gasteiger partial charge in [-0.2, -0.15) is 0 Å². The number of nitrogens with one attached hydrogen (secondary N) is 1. The van der Waals surface area contributed by atoms with Crippen molar-refractivity contribution in [3.8, 4) is 0 Å². The summed E-state index contributed by atoms with van der Waals surface area (Å²) >= 11 is 0. The van der Waals surface area contributed by atoms with E-state index in [1.807, 2.05) is 0 Å². The van der Waals surface area contributed by atoms with Gasteiger partial charge in [0.1, 0.15) is 10.7 Å². The minimum Gasteiger partial charge on any atom is -0.395 e. The number of likely N-dealkylation sites (tertiary alicyclic amines) is 1. The van der Waals surface area contributed by atoms with Crippen molar-refractivity contribution in [2.45, 2.75) is 24.7 Å². The lowest BCUT2D eigenvalue weighted by atomic mass is 9.99. The van der Waals surface area contributed by atoms with Crippen LogP contribution in [0.25, 0.3) is 0 Å². The molecular formula is C14H22FN3O2S. The first-order valence-electron chi connectivity index (χ1n) is 7.16. The van der Waals surface area contributed by atoms with Crippen LogP contribution in [-0.4, -0.2) is 39.5 Å². The second-order valence-corrected chi connectivity index (χ2v) is 7.31. The summed E-state index contributed by atoms with van der Waals surface area (Å²) in [7, 11) is -3.77. The maximum Gasteiger partial charge on any atom is 0.242 e. The fraction of sp³-hybridized carbons (Fsp3) is 0.571. The lowest BCUT2D eigenvalue weighted by Gasteiger charge is -2.30. The van der Waals surface area contributed by atoms with Gasteiger partial charge in [-0.3, -0.25) is 0 Å². The van der Waals surface area contributed by atoms with E-state index in [9.17, 15) is 12.8 Å². The Morgan fingerprint density at radius 3 is 2.71 bits per heavy atom. The zero-order valence-corrected chi connectivity index (χ0v) is 13.0. The summed E-state index contributed by atoms with van der Waals surface area (Å²) in [5.74, 6) is 0.0212. The second kappa shape index (κ2) is 6.72. The Hall–Kier alpha value is -1.18. The zero-order chi connectivity index (χ0) is 15.5. The molecular weight excluding hydrogens is 293 g/mol. The van der Waals surface area contributed by atoms with E-state index in [0.29, 0.717) is 13.1 Å². The minimum absolute atomic E-state index is 0.199. The Balaban J connectivity index is 1.91. The summed E-state index contributed by atoms with van der Waals surface area (Å²) in [4.78, 5) is 2.03. The van der Waals surface area contributed by atoms with Gasteiger partial charge in [0, 0.05) is 13.1 Å². The molecule has 7 heteroatoms. The lowest BCUT2D eigenvalue weighted by Crippen LogP contribution is -2.39. The molecule has 118 valence electrons. The van der Waals surface area contributed by atoms with Gasteiger partial charge in [0.05, 0.1) is 5.69 Å². The summed E-state index contributed by atoms with van der Waals surface area (Å²) in [6.45, 7) is 5.16. The van der Waals surface area contributed by atoms with Gasteiger partial charge in [0.15, 0.2) is 0 Å². The second-order valence-electron chi connectivity index (χ2n) is 5.57. The van der Waals surface area contributed by atoms with Crippen LogP contribution in [0.1, 0.15) is 19.8 Å². The highest BCUT2D eigenvalue weighted by molar-refractivity contribution is 7.89. The van der Waals surface area contributed by atoms with E-state index in [-0.39, 0.29) is 10.6 Å². The van der Waals surface area contributed by atoms with Crippen LogP contribution in [0.15, 0.2) is 23.1 Å². The predicted molar refractivity (Wildman–Crippen MR) is 80.8 cm³/mol. The van der Waals surface area contributed by atoms with Gasteiger partial charge in [-0.1, -0.05) is 13.0 Å². The van der Waals surface area contributed by atoms with Crippen LogP contribution in [0, 0.1) is 11.7 Å². The molecule has 0 saturated carbocycles. The predicted octanol–water partition coefficient (Wildman–Crippen LogP) is 1.42. The molecule has 0 amide bonds. The molecule has 0 aliphatic carbocycles. The fourth-order valence-corrected chi connectivity index (χ4v) is 3.61. The van der Waals surface area contributed by atoms with Crippen LogP contribution in [0.5, 0.6) is 0 Å². The van der Waals surface area contributed by atoms with Crippen molar-refractivity contribution < 1.29 is 12.8 Å². The summed E-state index contributed by atoms with van der Waals surface area (Å²) in [5.41, 5.74) is 5.16. The van der Waals surface area contributed by atoms with Gasteiger partial charge < -0.3 is 10.6 Å². The molecule has 21 heavy (non-hydrogen) atoms. The fourth-order valence-electron chi connectivity index (χ4n) is 2.45. The van der Waals surface area contributed by atoms with Crippen molar-refractivity contribution in [1.29, 1.82) is 0 Å². The molecule has 0 aromatic heterocycles. The first-order valence-corrected chi connectivity index (χ1v) is 8.64. The maximum absolute atomic E-state index is 13.3. The third-order valence-corrected chi connectivity index (χ3v) is 5.42. The number of nitrogen functional groups attached to an aromatic ring is 1. The Morgan fingerprint density at radius 1 is 1.38 bits per heavy atom. The van der Waals surface area contributed by atoms with E-state index in [2.05, 4.69) is 16.5 Å². The van der Waals surface area contributed by atoms with E-state index in [1.165, 1.54) is 12.1 Å². The molecule has 0 unspecified atom stereocenters. The molecule has 0 bridgehead atoms. The van der Waals surface area contributed by atoms with Crippen molar-refractivity contribution >= 4 is 15.7 Å². The molecule has 1 aromatic carbocycles. The molecule has 1 fully saturated rings. The van der Waals surface area contributed by atoms with Gasteiger partial charge >= 0.3 is 0 Å². The van der Waals surface area contributed by atoms with E-state index in [1.54, 1.807) is 0 Å². The van der Waals surface area contributed by atoms with Gasteiger partial charge in [-0.05, 0) is 44.0 Å². The standard InChI is InChI=1S/C14H22FN3O2S/c1-11-5-8-18(9-6-11)10-7-17-21(19,20)13-4-2-3-12(15)14(13)16/h2-4,11,17H,5-10,16H2,1H3. The SMILES string of the molecule is CC1CCN(CCNS(=O)(=O)c2cccc(F)c2N)CC1. The van der Waals surface area contributed by atoms with E-state index in [0.717, 1.165) is 37.9 Å². The summed E-state index contributed by atoms with van der Waals surface area (Å²) in [6.07, 6.45) is 2.28. The molecule has 1 saturated heterocycles. The molecule has 0 radical (unpaired) electrons.